The van der Waals surface area contributed by atoms with Crippen LogP contribution in [0.15, 0.2) is 263 Å². The lowest BCUT2D eigenvalue weighted by molar-refractivity contribution is 0.121. The SMILES string of the molecule is C=C1CC2CCCC2N1C.C=C1CC2CCCCC2N1C.C=C1Cc2ccccc2N1C.C=C1N=C2CC=CC2N1C.C=C1OC2=C(C=CC2)N1C.C=C1OC2CCCC2N1C.C=C1OC2CCCCC2N1C.C=C1Oc2ccccc2N1C.C=C1SC2=C(C=CC2)N1C.C=C1Sc2ccccc2N1C. The van der Waals surface area contributed by atoms with Crippen molar-refractivity contribution in [1.82, 2.24) is 34.3 Å². The van der Waals surface area contributed by atoms with E-state index in [-0.39, 0.29) is 0 Å². The van der Waals surface area contributed by atoms with E-state index in [4.69, 9.17) is 18.9 Å². The first-order valence-electron chi connectivity index (χ1n) is 37.9. The fourth-order valence-electron chi connectivity index (χ4n) is 16.7. The summed E-state index contributed by atoms with van der Waals surface area (Å²) in [6.07, 6.45) is 39.3. The van der Waals surface area contributed by atoms with Gasteiger partial charge >= 0.3 is 0 Å². The van der Waals surface area contributed by atoms with E-state index in [0.29, 0.717) is 36.2 Å². The lowest BCUT2D eigenvalue weighted by atomic mass is 9.85. The maximum absolute atomic E-state index is 5.61. The van der Waals surface area contributed by atoms with Crippen LogP contribution in [0.1, 0.15) is 128 Å². The highest BCUT2D eigenvalue weighted by Crippen LogP contribution is 2.47. The number of benzene rings is 3. The molecule has 17 heteroatoms. The molecule has 10 heterocycles. The standard InChI is InChI=1S/C10H17N.C10H11N.C9H15NO.C9H9NO.C9H9NS.C9H15N.C8H10N2.C8H13NO.C8H9NO.C8H9NS/c2*1-8-7-9-5-3-4-6-10(9)11(8)2;3*1-7-10(2)8-5-3-4-6-9(8)11-7;1-7-6-8-4-3-5-9(8)10(7)2;1-6-9-7-4-3-5-8(7)10(6)2;3*1-6-9(2)7-4-3-5-8(7)10-6/h9-10H,1,3-7H2,2H3;3-6H,1,7H2,2H3;8-9H,1,3-6H2,2H3;2*3-6H,1H2,2H3;8-9H,1,3-6H2,2H3;3,5,8H,1,4H2,2H3;7-8H,1,3-5H2,2H3;2*3-4H,1,5H2,2H3. The zero-order valence-corrected chi connectivity index (χ0v) is 66.3. The molecule has 9 atom stereocenters. The summed E-state index contributed by atoms with van der Waals surface area (Å²) in [6.45, 7) is 39.0. The summed E-state index contributed by atoms with van der Waals surface area (Å²) >= 11 is 3.52. The van der Waals surface area contributed by atoms with Crippen molar-refractivity contribution in [3.05, 3.63) is 259 Å². The van der Waals surface area contributed by atoms with E-state index in [1.54, 1.807) is 23.5 Å². The number of aliphatic imine (C=N–C) groups is 1. The predicted octanol–water partition coefficient (Wildman–Crippen LogP) is 19.4. The smallest absolute Gasteiger partial charge is 0.193 e. The molecule has 0 N–H and O–H groups in total. The molecule has 17 aliphatic rings. The first kappa shape index (κ1) is 77.4. The Hall–Kier alpha value is -8.67. The third-order valence-electron chi connectivity index (χ3n) is 23.6. The third kappa shape index (κ3) is 17.7. The summed E-state index contributed by atoms with van der Waals surface area (Å²) in [4.78, 5) is 28.6. The Bertz CT molecular complexity index is 3730. The van der Waals surface area contributed by atoms with Gasteiger partial charge in [-0.3, -0.25) is 0 Å². The Morgan fingerprint density at radius 1 is 0.419 bits per heavy atom. The molecule has 0 amide bonds. The average molecular weight is 1460 g/mol. The van der Waals surface area contributed by atoms with Crippen LogP contribution in [0.3, 0.4) is 0 Å². The maximum Gasteiger partial charge on any atom is 0.193 e. The number of rotatable bonds is 0. The van der Waals surface area contributed by atoms with E-state index < -0.39 is 0 Å². The Labute approximate surface area is 638 Å². The molecule has 7 aliphatic carbocycles. The van der Waals surface area contributed by atoms with Crippen molar-refractivity contribution in [1.29, 1.82) is 0 Å². The van der Waals surface area contributed by atoms with Crippen LogP contribution in [0.5, 0.6) is 5.75 Å². The normalized spacial score (nSPS) is 27.0. The number of anilines is 3. The van der Waals surface area contributed by atoms with Gasteiger partial charge in [-0.2, -0.15) is 0 Å². The molecule has 10 aliphatic heterocycles. The highest BCUT2D eigenvalue weighted by atomic mass is 32.2. The molecule has 0 radical (unpaired) electrons. The number of hydrogen-bond acceptors (Lipinski definition) is 17. The van der Waals surface area contributed by atoms with Gasteiger partial charge in [-0.1, -0.05) is 155 Å². The third-order valence-corrected chi connectivity index (χ3v) is 25.8. The molecule has 560 valence electrons. The van der Waals surface area contributed by atoms with E-state index in [1.165, 1.54) is 158 Å². The minimum Gasteiger partial charge on any atom is -0.474 e. The summed E-state index contributed by atoms with van der Waals surface area (Å²) in [7, 11) is 20.6. The van der Waals surface area contributed by atoms with Gasteiger partial charge in [0.15, 0.2) is 29.3 Å². The van der Waals surface area contributed by atoms with Gasteiger partial charge < -0.3 is 67.9 Å². The van der Waals surface area contributed by atoms with Gasteiger partial charge in [-0.05, 0) is 170 Å². The molecule has 4 saturated heterocycles. The second kappa shape index (κ2) is 34.7. The van der Waals surface area contributed by atoms with Gasteiger partial charge in [0.2, 0.25) is 0 Å². The summed E-state index contributed by atoms with van der Waals surface area (Å²) in [5.41, 5.74) is 12.7. The van der Waals surface area contributed by atoms with Crippen LogP contribution >= 0.6 is 23.5 Å². The molecule has 20 rings (SSSR count). The van der Waals surface area contributed by atoms with E-state index in [1.807, 2.05) is 62.3 Å². The van der Waals surface area contributed by atoms with Crippen LogP contribution in [-0.4, -0.2) is 153 Å². The first-order valence-corrected chi connectivity index (χ1v) is 39.5. The Balaban J connectivity index is 0.000000117. The Morgan fingerprint density at radius 3 is 1.55 bits per heavy atom. The lowest BCUT2D eigenvalue weighted by Gasteiger charge is -2.29. The number of likely N-dealkylation sites (tertiary alicyclic amines) is 2. The molecule has 3 aromatic rings. The molecule has 8 fully saturated rings. The number of hydrogen-bond donors (Lipinski definition) is 0. The number of fused-ring (bicyclic) bond motifs is 8. The van der Waals surface area contributed by atoms with Crippen molar-refractivity contribution in [2.45, 2.75) is 176 Å². The van der Waals surface area contributed by atoms with Crippen LogP contribution in [-0.2, 0) is 20.6 Å². The molecule has 9 unspecified atom stereocenters. The zero-order valence-electron chi connectivity index (χ0n) is 64.7. The van der Waals surface area contributed by atoms with E-state index >= 15 is 0 Å². The van der Waals surface area contributed by atoms with Crippen molar-refractivity contribution in [2.24, 2.45) is 16.8 Å². The van der Waals surface area contributed by atoms with Gasteiger partial charge in [-0.25, -0.2) is 4.99 Å². The minimum atomic E-state index is 0.424. The maximum atomic E-state index is 5.61. The number of likely N-dealkylation sites (N-methyl/N-ethyl adjacent to an activating group) is 6. The second-order valence-corrected chi connectivity index (χ2v) is 32.2. The van der Waals surface area contributed by atoms with Gasteiger partial charge in [-0.15, -0.1) is 0 Å². The highest BCUT2D eigenvalue weighted by molar-refractivity contribution is 8.07. The molecule has 4 saturated carbocycles. The average Bonchev–Trinajstić information content (AvgIpc) is 1.63. The van der Waals surface area contributed by atoms with Crippen LogP contribution in [0, 0.1) is 11.8 Å². The molecule has 0 spiro atoms. The topological polar surface area (TPSA) is 81.7 Å². The van der Waals surface area contributed by atoms with Crippen molar-refractivity contribution >= 4 is 46.3 Å². The molecule has 0 bridgehead atoms. The fourth-order valence-corrected chi connectivity index (χ4v) is 18.7. The van der Waals surface area contributed by atoms with Gasteiger partial charge in [0, 0.05) is 134 Å². The largest absolute Gasteiger partial charge is 0.474 e. The van der Waals surface area contributed by atoms with Crippen molar-refractivity contribution in [2.75, 3.05) is 85.2 Å². The molecule has 105 heavy (non-hydrogen) atoms. The van der Waals surface area contributed by atoms with Gasteiger partial charge in [0.1, 0.15) is 23.8 Å². The highest BCUT2D eigenvalue weighted by Gasteiger charge is 2.41. The number of allylic oxidation sites excluding steroid dienone is 9. The summed E-state index contributed by atoms with van der Waals surface area (Å²) in [6, 6.07) is 28.0. The zero-order chi connectivity index (χ0) is 74.9. The lowest BCUT2D eigenvalue weighted by Crippen LogP contribution is -2.34. The fraction of sp³-hybridized carbons (Fsp3) is 0.443. The number of ether oxygens (including phenoxy) is 4. The molecular formula is C88H117N11O4S2. The van der Waals surface area contributed by atoms with E-state index in [2.05, 4.69) is 237 Å². The summed E-state index contributed by atoms with van der Waals surface area (Å²) in [5.74, 6) is 7.85. The Kier molecular flexibility index (Phi) is 25.6. The van der Waals surface area contributed by atoms with Crippen molar-refractivity contribution < 1.29 is 18.9 Å². The summed E-state index contributed by atoms with van der Waals surface area (Å²) in [5, 5.41) is 2.25. The quantitative estimate of drug-likeness (QED) is 0.200. The van der Waals surface area contributed by atoms with Crippen LogP contribution in [0.4, 0.5) is 17.1 Å². The van der Waals surface area contributed by atoms with Gasteiger partial charge in [0.25, 0.3) is 0 Å². The number of thioether (sulfide) groups is 2. The van der Waals surface area contributed by atoms with Crippen LogP contribution in [0.25, 0.3) is 0 Å². The number of para-hydroxylation sites is 4. The minimum absolute atomic E-state index is 0.424. The second-order valence-electron chi connectivity index (χ2n) is 29.9. The number of nitrogens with zero attached hydrogens (tertiary/aromatic N) is 11. The van der Waals surface area contributed by atoms with Crippen molar-refractivity contribution in [3.8, 4) is 5.75 Å². The van der Waals surface area contributed by atoms with Crippen LogP contribution < -0.4 is 19.4 Å². The van der Waals surface area contributed by atoms with E-state index in [9.17, 15) is 0 Å². The molecule has 15 nitrogen and oxygen atoms in total. The molecular weight excluding hydrogens is 1340 g/mol. The van der Waals surface area contributed by atoms with E-state index in [0.717, 1.165) is 106 Å². The predicted molar refractivity (Wildman–Crippen MR) is 441 cm³/mol. The molecule has 0 aromatic heterocycles. The first-order chi connectivity index (χ1) is 50.4. The van der Waals surface area contributed by atoms with Crippen molar-refractivity contribution in [3.63, 3.8) is 0 Å². The monoisotopic (exact) mass is 1460 g/mol. The van der Waals surface area contributed by atoms with Gasteiger partial charge in [0.05, 0.1) is 56.7 Å². The Morgan fingerprint density at radius 2 is 0.943 bits per heavy atom. The van der Waals surface area contributed by atoms with Crippen LogP contribution in [0.2, 0.25) is 0 Å². The summed E-state index contributed by atoms with van der Waals surface area (Å²) < 4.78 is 21.8. The molecule has 3 aromatic carbocycles.